The van der Waals surface area contributed by atoms with Gasteiger partial charge in [0.15, 0.2) is 5.65 Å². The fourth-order valence-electron chi connectivity index (χ4n) is 3.28. The highest BCUT2D eigenvalue weighted by Gasteiger charge is 2.09. The van der Waals surface area contributed by atoms with Crippen LogP contribution >= 0.6 is 0 Å². The molecule has 3 heterocycles. The first-order chi connectivity index (χ1) is 12.4. The normalized spacial score (nSPS) is 11.2. The number of fused-ring (bicyclic) bond motifs is 2. The average molecular weight is 322 g/mol. The molecular weight excluding hydrogens is 308 g/mol. The van der Waals surface area contributed by atoms with Gasteiger partial charge in [-0.25, -0.2) is 9.97 Å². The quantitative estimate of drug-likeness (QED) is 0.506. The summed E-state index contributed by atoms with van der Waals surface area (Å²) in [5, 5.41) is 1.14. The number of para-hydroxylation sites is 1. The van der Waals surface area contributed by atoms with Crippen LogP contribution in [-0.4, -0.2) is 19.9 Å². The van der Waals surface area contributed by atoms with Gasteiger partial charge in [0, 0.05) is 28.9 Å². The topological polar surface area (TPSA) is 54.5 Å². The second kappa shape index (κ2) is 5.53. The van der Waals surface area contributed by atoms with Crippen LogP contribution in [0.3, 0.4) is 0 Å². The van der Waals surface area contributed by atoms with E-state index in [4.69, 9.17) is 0 Å². The van der Waals surface area contributed by atoms with Gasteiger partial charge < -0.3 is 4.98 Å². The Labute approximate surface area is 144 Å². The second-order valence-electron chi connectivity index (χ2n) is 5.92. The van der Waals surface area contributed by atoms with Gasteiger partial charge in [0.05, 0.1) is 17.4 Å². The summed E-state index contributed by atoms with van der Waals surface area (Å²) in [6.45, 7) is 0. The van der Waals surface area contributed by atoms with Crippen molar-refractivity contribution in [2.45, 2.75) is 0 Å². The Hall–Kier alpha value is -3.53. The van der Waals surface area contributed by atoms with Crippen molar-refractivity contribution < 1.29 is 0 Å². The van der Waals surface area contributed by atoms with E-state index < -0.39 is 0 Å². The van der Waals surface area contributed by atoms with Crippen LogP contribution in [-0.2, 0) is 0 Å². The molecule has 4 nitrogen and oxygen atoms in total. The molecule has 2 aromatic carbocycles. The van der Waals surface area contributed by atoms with E-state index in [2.05, 4.69) is 68.5 Å². The molecule has 0 bridgehead atoms. The van der Waals surface area contributed by atoms with E-state index in [9.17, 15) is 0 Å². The molecule has 0 aliphatic carbocycles. The van der Waals surface area contributed by atoms with Gasteiger partial charge in [0.2, 0.25) is 0 Å². The number of hydrogen-bond donors (Lipinski definition) is 1. The maximum Gasteiger partial charge on any atom is 0.178 e. The van der Waals surface area contributed by atoms with Gasteiger partial charge in [-0.05, 0) is 29.3 Å². The Morgan fingerprint density at radius 1 is 0.680 bits per heavy atom. The molecule has 0 fully saturated rings. The lowest BCUT2D eigenvalue weighted by molar-refractivity contribution is 1.30. The molecule has 1 N–H and O–H groups in total. The van der Waals surface area contributed by atoms with E-state index in [1.807, 2.05) is 18.3 Å². The van der Waals surface area contributed by atoms with Crippen LogP contribution in [0.1, 0.15) is 0 Å². The summed E-state index contributed by atoms with van der Waals surface area (Å²) in [6.07, 6.45) is 5.32. The Bertz CT molecular complexity index is 1200. The van der Waals surface area contributed by atoms with Crippen LogP contribution in [0.4, 0.5) is 0 Å². The smallest absolute Gasteiger partial charge is 0.178 e. The maximum atomic E-state index is 4.58. The van der Waals surface area contributed by atoms with Gasteiger partial charge in [-0.3, -0.25) is 4.98 Å². The van der Waals surface area contributed by atoms with E-state index in [-0.39, 0.29) is 0 Å². The van der Waals surface area contributed by atoms with E-state index in [0.717, 1.165) is 44.3 Å². The summed E-state index contributed by atoms with van der Waals surface area (Å²) in [7, 11) is 0. The third-order valence-corrected chi connectivity index (χ3v) is 4.44. The average Bonchev–Trinajstić information content (AvgIpc) is 3.16. The van der Waals surface area contributed by atoms with Crippen LogP contribution < -0.4 is 0 Å². The molecule has 118 valence electrons. The molecule has 0 saturated carbocycles. The standard InChI is InChI=1S/C21H14N4/c1-5-15(17-8-2-4-14-7-3-10-22-19(14)17)12-16(6-1)18-9-11-23-21-20(18)24-13-25-21/h1-13H,(H,23,24,25). The summed E-state index contributed by atoms with van der Waals surface area (Å²) in [5.74, 6) is 0. The van der Waals surface area contributed by atoms with Crippen molar-refractivity contribution in [3.63, 3.8) is 0 Å². The van der Waals surface area contributed by atoms with Gasteiger partial charge in [-0.15, -0.1) is 0 Å². The predicted molar refractivity (Wildman–Crippen MR) is 100 cm³/mol. The summed E-state index contributed by atoms with van der Waals surface area (Å²) in [5.41, 5.74) is 7.20. The van der Waals surface area contributed by atoms with Crippen molar-refractivity contribution in [2.24, 2.45) is 0 Å². The SMILES string of the molecule is c1cc(-c2cccc3cccnc23)cc(-c2ccnc3nc[nH]c23)c1. The van der Waals surface area contributed by atoms with Crippen LogP contribution in [0, 0.1) is 0 Å². The number of hydrogen-bond acceptors (Lipinski definition) is 3. The van der Waals surface area contributed by atoms with Crippen molar-refractivity contribution >= 4 is 22.1 Å². The minimum atomic E-state index is 0.731. The van der Waals surface area contributed by atoms with Crippen molar-refractivity contribution in [2.75, 3.05) is 0 Å². The minimum absolute atomic E-state index is 0.731. The van der Waals surface area contributed by atoms with Crippen LogP contribution in [0.15, 0.2) is 79.4 Å². The lowest BCUT2D eigenvalue weighted by atomic mass is 9.97. The first-order valence-electron chi connectivity index (χ1n) is 8.13. The summed E-state index contributed by atoms with van der Waals surface area (Å²) < 4.78 is 0. The Morgan fingerprint density at radius 2 is 1.52 bits per heavy atom. The fourth-order valence-corrected chi connectivity index (χ4v) is 3.28. The minimum Gasteiger partial charge on any atom is -0.343 e. The Balaban J connectivity index is 1.72. The number of aromatic amines is 1. The van der Waals surface area contributed by atoms with Crippen molar-refractivity contribution in [1.29, 1.82) is 0 Å². The molecule has 0 aliphatic heterocycles. The fraction of sp³-hybridized carbons (Fsp3) is 0. The zero-order valence-corrected chi connectivity index (χ0v) is 13.3. The number of imidazole rings is 1. The molecule has 5 rings (SSSR count). The molecule has 0 atom stereocenters. The monoisotopic (exact) mass is 322 g/mol. The van der Waals surface area contributed by atoms with Gasteiger partial charge >= 0.3 is 0 Å². The van der Waals surface area contributed by atoms with E-state index >= 15 is 0 Å². The van der Waals surface area contributed by atoms with E-state index in [1.165, 1.54) is 0 Å². The Kier molecular flexibility index (Phi) is 3.07. The summed E-state index contributed by atoms with van der Waals surface area (Å²) in [4.78, 5) is 16.3. The molecular formula is C21H14N4. The number of nitrogens with zero attached hydrogens (tertiary/aromatic N) is 3. The highest BCUT2D eigenvalue weighted by molar-refractivity contribution is 5.95. The molecule has 0 saturated heterocycles. The first kappa shape index (κ1) is 13.9. The lowest BCUT2D eigenvalue weighted by Gasteiger charge is -2.09. The van der Waals surface area contributed by atoms with Gasteiger partial charge in [-0.2, -0.15) is 0 Å². The van der Waals surface area contributed by atoms with Crippen molar-refractivity contribution in [1.82, 2.24) is 19.9 Å². The third kappa shape index (κ3) is 2.27. The van der Waals surface area contributed by atoms with Gasteiger partial charge in [0.25, 0.3) is 0 Å². The van der Waals surface area contributed by atoms with E-state index in [1.54, 1.807) is 12.5 Å². The third-order valence-electron chi connectivity index (χ3n) is 4.44. The molecule has 0 aliphatic rings. The van der Waals surface area contributed by atoms with Gasteiger partial charge in [0.1, 0.15) is 0 Å². The Morgan fingerprint density at radius 3 is 2.48 bits per heavy atom. The molecule has 0 amide bonds. The van der Waals surface area contributed by atoms with Crippen molar-refractivity contribution in [3.8, 4) is 22.3 Å². The molecule has 0 unspecified atom stereocenters. The second-order valence-corrected chi connectivity index (χ2v) is 5.92. The summed E-state index contributed by atoms with van der Waals surface area (Å²) >= 11 is 0. The van der Waals surface area contributed by atoms with Crippen LogP contribution in [0.5, 0.6) is 0 Å². The largest absolute Gasteiger partial charge is 0.343 e. The number of pyridine rings is 2. The maximum absolute atomic E-state index is 4.58. The zero-order valence-electron chi connectivity index (χ0n) is 13.3. The molecule has 25 heavy (non-hydrogen) atoms. The predicted octanol–water partition coefficient (Wildman–Crippen LogP) is 4.84. The van der Waals surface area contributed by atoms with Gasteiger partial charge in [-0.1, -0.05) is 42.5 Å². The zero-order chi connectivity index (χ0) is 16.6. The number of nitrogens with one attached hydrogen (secondary N) is 1. The highest BCUT2D eigenvalue weighted by atomic mass is 14.9. The van der Waals surface area contributed by atoms with Crippen molar-refractivity contribution in [3.05, 3.63) is 79.4 Å². The molecule has 4 heteroatoms. The number of aromatic nitrogens is 4. The molecule has 5 aromatic rings. The number of benzene rings is 2. The highest BCUT2D eigenvalue weighted by Crippen LogP contribution is 2.32. The first-order valence-corrected chi connectivity index (χ1v) is 8.13. The molecule has 0 spiro atoms. The molecule has 3 aromatic heterocycles. The summed E-state index contributed by atoms with van der Waals surface area (Å²) in [6, 6.07) is 20.9. The van der Waals surface area contributed by atoms with Crippen LogP contribution in [0.25, 0.3) is 44.3 Å². The number of H-pyrrole nitrogens is 1. The van der Waals surface area contributed by atoms with Crippen LogP contribution in [0.2, 0.25) is 0 Å². The molecule has 0 radical (unpaired) electrons. The lowest BCUT2D eigenvalue weighted by Crippen LogP contribution is -1.87. The van der Waals surface area contributed by atoms with E-state index in [0.29, 0.717) is 0 Å². The number of rotatable bonds is 2.